The van der Waals surface area contributed by atoms with Crippen LogP contribution in [0.15, 0.2) is 42.7 Å². The Hall–Kier alpha value is -1.90. The van der Waals surface area contributed by atoms with Gasteiger partial charge in [0.2, 0.25) is 0 Å². The Morgan fingerprint density at radius 1 is 1.29 bits per heavy atom. The molecule has 0 N–H and O–H groups in total. The van der Waals surface area contributed by atoms with Crippen molar-refractivity contribution in [3.63, 3.8) is 0 Å². The molecule has 3 nitrogen and oxygen atoms in total. The monoisotopic (exact) mass is 228 g/mol. The summed E-state index contributed by atoms with van der Waals surface area (Å²) in [5.41, 5.74) is 1.59. The van der Waals surface area contributed by atoms with Gasteiger partial charge >= 0.3 is 0 Å². The molecule has 0 saturated heterocycles. The average Bonchev–Trinajstić information content (AvgIpc) is 2.81. The molecule has 0 spiro atoms. The molecule has 2 aromatic rings. The first-order valence-corrected chi connectivity index (χ1v) is 5.80. The summed E-state index contributed by atoms with van der Waals surface area (Å²) in [5.74, 6) is 0.541. The lowest BCUT2D eigenvalue weighted by atomic mass is 10.00. The van der Waals surface area contributed by atoms with Crippen LogP contribution in [0, 0.1) is 5.92 Å². The third kappa shape index (κ3) is 2.61. The van der Waals surface area contributed by atoms with E-state index in [9.17, 15) is 4.79 Å². The second kappa shape index (κ2) is 4.95. The smallest absolute Gasteiger partial charge is 0.165 e. The number of para-hydroxylation sites is 1. The quantitative estimate of drug-likeness (QED) is 0.754. The molecule has 0 saturated carbocycles. The lowest BCUT2D eigenvalue weighted by molar-refractivity contribution is 0.0967. The SMILES string of the molecule is CC(C)CC(=O)c1ccccc1-n1cccn1. The standard InChI is InChI=1S/C14H16N2O/c1-11(2)10-14(17)12-6-3-4-7-13(12)16-9-5-8-15-16/h3-9,11H,10H2,1-2H3. The number of Topliss-reactive ketones (excluding diaryl/α,β-unsaturated/α-hetero) is 1. The number of carbonyl (C=O) groups excluding carboxylic acids is 1. The number of nitrogens with zero attached hydrogens (tertiary/aromatic N) is 2. The first-order valence-electron chi connectivity index (χ1n) is 5.80. The minimum absolute atomic E-state index is 0.172. The van der Waals surface area contributed by atoms with Crippen LogP contribution in [0.2, 0.25) is 0 Å². The molecule has 1 heterocycles. The number of ketones is 1. The number of aromatic nitrogens is 2. The highest BCUT2D eigenvalue weighted by Crippen LogP contribution is 2.17. The lowest BCUT2D eigenvalue weighted by Crippen LogP contribution is -2.08. The largest absolute Gasteiger partial charge is 0.294 e. The molecule has 0 aliphatic carbocycles. The van der Waals surface area contributed by atoms with Crippen LogP contribution in [-0.4, -0.2) is 15.6 Å². The van der Waals surface area contributed by atoms with Gasteiger partial charge in [-0.15, -0.1) is 0 Å². The number of rotatable bonds is 4. The van der Waals surface area contributed by atoms with E-state index in [0.717, 1.165) is 11.3 Å². The topological polar surface area (TPSA) is 34.9 Å². The van der Waals surface area contributed by atoms with Crippen molar-refractivity contribution in [3.05, 3.63) is 48.3 Å². The van der Waals surface area contributed by atoms with Gasteiger partial charge in [-0.1, -0.05) is 26.0 Å². The van der Waals surface area contributed by atoms with Crippen LogP contribution in [-0.2, 0) is 0 Å². The van der Waals surface area contributed by atoms with Crippen molar-refractivity contribution in [1.82, 2.24) is 9.78 Å². The normalized spacial score (nSPS) is 10.8. The Balaban J connectivity index is 2.38. The van der Waals surface area contributed by atoms with E-state index in [-0.39, 0.29) is 5.78 Å². The molecular formula is C14H16N2O. The summed E-state index contributed by atoms with van der Waals surface area (Å²) >= 11 is 0. The summed E-state index contributed by atoms with van der Waals surface area (Å²) in [6.07, 6.45) is 4.13. The van der Waals surface area contributed by atoms with E-state index in [1.807, 2.05) is 36.5 Å². The summed E-state index contributed by atoms with van der Waals surface area (Å²) in [4.78, 5) is 12.1. The minimum atomic E-state index is 0.172. The molecule has 88 valence electrons. The Kier molecular flexibility index (Phi) is 3.38. The molecule has 0 unspecified atom stereocenters. The zero-order valence-electron chi connectivity index (χ0n) is 10.1. The van der Waals surface area contributed by atoms with Crippen LogP contribution < -0.4 is 0 Å². The van der Waals surface area contributed by atoms with E-state index in [1.165, 1.54) is 0 Å². The second-order valence-corrected chi connectivity index (χ2v) is 4.49. The Morgan fingerprint density at radius 2 is 2.06 bits per heavy atom. The lowest BCUT2D eigenvalue weighted by Gasteiger charge is -2.09. The molecule has 0 atom stereocenters. The molecule has 0 bridgehead atoms. The highest BCUT2D eigenvalue weighted by molar-refractivity contribution is 5.99. The van der Waals surface area contributed by atoms with E-state index < -0.39 is 0 Å². The zero-order chi connectivity index (χ0) is 12.3. The van der Waals surface area contributed by atoms with Gasteiger partial charge in [-0.05, 0) is 24.1 Å². The van der Waals surface area contributed by atoms with Crippen LogP contribution >= 0.6 is 0 Å². The third-order valence-electron chi connectivity index (χ3n) is 2.55. The first kappa shape index (κ1) is 11.6. The molecule has 0 fully saturated rings. The fourth-order valence-electron chi connectivity index (χ4n) is 1.80. The van der Waals surface area contributed by atoms with Gasteiger partial charge in [0.1, 0.15) is 0 Å². The van der Waals surface area contributed by atoms with Crippen LogP contribution in [0.25, 0.3) is 5.69 Å². The van der Waals surface area contributed by atoms with Crippen molar-refractivity contribution < 1.29 is 4.79 Å². The number of carbonyl (C=O) groups is 1. The molecule has 3 heteroatoms. The second-order valence-electron chi connectivity index (χ2n) is 4.49. The molecule has 0 aliphatic heterocycles. The van der Waals surface area contributed by atoms with E-state index >= 15 is 0 Å². The van der Waals surface area contributed by atoms with Crippen molar-refractivity contribution >= 4 is 5.78 Å². The average molecular weight is 228 g/mol. The summed E-state index contributed by atoms with van der Waals surface area (Å²) in [5, 5.41) is 4.17. The van der Waals surface area contributed by atoms with Crippen molar-refractivity contribution in [2.45, 2.75) is 20.3 Å². The van der Waals surface area contributed by atoms with Crippen molar-refractivity contribution in [1.29, 1.82) is 0 Å². The van der Waals surface area contributed by atoms with Gasteiger partial charge in [-0.2, -0.15) is 5.10 Å². The van der Waals surface area contributed by atoms with Crippen molar-refractivity contribution in [3.8, 4) is 5.69 Å². The number of hydrogen-bond acceptors (Lipinski definition) is 2. The van der Waals surface area contributed by atoms with Gasteiger partial charge in [0, 0.05) is 24.4 Å². The summed E-state index contributed by atoms with van der Waals surface area (Å²) < 4.78 is 1.73. The highest BCUT2D eigenvalue weighted by Gasteiger charge is 2.13. The summed E-state index contributed by atoms with van der Waals surface area (Å²) in [6.45, 7) is 4.10. The van der Waals surface area contributed by atoms with Crippen LogP contribution in [0.5, 0.6) is 0 Å². The highest BCUT2D eigenvalue weighted by atomic mass is 16.1. The molecule has 1 aromatic carbocycles. The van der Waals surface area contributed by atoms with Gasteiger partial charge in [-0.3, -0.25) is 4.79 Å². The molecule has 0 radical (unpaired) electrons. The van der Waals surface area contributed by atoms with Gasteiger partial charge in [-0.25, -0.2) is 4.68 Å². The zero-order valence-corrected chi connectivity index (χ0v) is 10.1. The Morgan fingerprint density at radius 3 is 2.71 bits per heavy atom. The molecule has 17 heavy (non-hydrogen) atoms. The van der Waals surface area contributed by atoms with E-state index in [4.69, 9.17) is 0 Å². The maximum absolute atomic E-state index is 12.1. The molecule has 1 aromatic heterocycles. The van der Waals surface area contributed by atoms with Gasteiger partial charge in [0.05, 0.1) is 5.69 Å². The first-order chi connectivity index (χ1) is 8.18. The van der Waals surface area contributed by atoms with Gasteiger partial charge < -0.3 is 0 Å². The summed E-state index contributed by atoms with van der Waals surface area (Å²) in [7, 11) is 0. The summed E-state index contributed by atoms with van der Waals surface area (Å²) in [6, 6.07) is 9.44. The Labute approximate surface area is 101 Å². The third-order valence-corrected chi connectivity index (χ3v) is 2.55. The van der Waals surface area contributed by atoms with E-state index in [2.05, 4.69) is 18.9 Å². The predicted molar refractivity (Wildman–Crippen MR) is 67.3 cm³/mol. The molecule has 0 aliphatic rings. The molecular weight excluding hydrogens is 212 g/mol. The van der Waals surface area contributed by atoms with Crippen LogP contribution in [0.3, 0.4) is 0 Å². The van der Waals surface area contributed by atoms with Gasteiger partial charge in [0.25, 0.3) is 0 Å². The fourth-order valence-corrected chi connectivity index (χ4v) is 1.80. The maximum atomic E-state index is 12.1. The van der Waals surface area contributed by atoms with Gasteiger partial charge in [0.15, 0.2) is 5.78 Å². The molecule has 2 rings (SSSR count). The van der Waals surface area contributed by atoms with Crippen LogP contribution in [0.1, 0.15) is 30.6 Å². The minimum Gasteiger partial charge on any atom is -0.294 e. The van der Waals surface area contributed by atoms with Crippen molar-refractivity contribution in [2.75, 3.05) is 0 Å². The van der Waals surface area contributed by atoms with Crippen LogP contribution in [0.4, 0.5) is 0 Å². The molecule has 0 amide bonds. The maximum Gasteiger partial charge on any atom is 0.165 e. The predicted octanol–water partition coefficient (Wildman–Crippen LogP) is 3.10. The number of benzene rings is 1. The van der Waals surface area contributed by atoms with E-state index in [1.54, 1.807) is 10.9 Å². The fraction of sp³-hybridized carbons (Fsp3) is 0.286. The van der Waals surface area contributed by atoms with Crippen molar-refractivity contribution in [2.24, 2.45) is 5.92 Å². The number of hydrogen-bond donors (Lipinski definition) is 0. The van der Waals surface area contributed by atoms with E-state index in [0.29, 0.717) is 12.3 Å². The Bertz CT molecular complexity index is 501.